The van der Waals surface area contributed by atoms with E-state index in [0.717, 1.165) is 28.2 Å². The predicted molar refractivity (Wildman–Crippen MR) is 143 cm³/mol. The molecule has 1 N–H and O–H groups in total. The number of fused-ring (bicyclic) bond motifs is 1. The highest BCUT2D eigenvalue weighted by Crippen LogP contribution is 2.41. The number of pyridine rings is 1. The van der Waals surface area contributed by atoms with E-state index in [1.807, 2.05) is 18.2 Å². The van der Waals surface area contributed by atoms with Gasteiger partial charge in [-0.3, -0.25) is 9.78 Å². The average Bonchev–Trinajstić information content (AvgIpc) is 2.90. The number of carboxylic acids is 1. The summed E-state index contributed by atoms with van der Waals surface area (Å²) in [5.41, 5.74) is 1.79. The number of carbonyl (C=O) groups is 1. The van der Waals surface area contributed by atoms with Crippen molar-refractivity contribution in [2.24, 2.45) is 5.41 Å². The number of hydrogen-bond acceptors (Lipinski definition) is 5. The van der Waals surface area contributed by atoms with Crippen molar-refractivity contribution in [3.63, 3.8) is 0 Å². The number of nitrogens with zero attached hydrogens (tertiary/aromatic N) is 2. The summed E-state index contributed by atoms with van der Waals surface area (Å²) in [5.74, 6) is -2.52. The number of piperidine rings is 1. The summed E-state index contributed by atoms with van der Waals surface area (Å²) in [6.45, 7) is 1.30. The lowest BCUT2D eigenvalue weighted by atomic mass is 9.72. The van der Waals surface area contributed by atoms with E-state index in [-0.39, 0.29) is 16.7 Å². The van der Waals surface area contributed by atoms with Crippen LogP contribution in [0.2, 0.25) is 0 Å². The van der Waals surface area contributed by atoms with E-state index < -0.39 is 30.1 Å². The third kappa shape index (κ3) is 7.22. The quantitative estimate of drug-likeness (QED) is 0.193. The number of methoxy groups -OCH3 is 1. The van der Waals surface area contributed by atoms with Crippen LogP contribution in [0, 0.1) is 22.9 Å². The van der Waals surface area contributed by atoms with Crippen molar-refractivity contribution >= 4 is 28.6 Å². The number of aryl methyl sites for hydroxylation is 1. The zero-order valence-electron chi connectivity index (χ0n) is 21.8. The Morgan fingerprint density at radius 1 is 1.15 bits per heavy atom. The topological polar surface area (TPSA) is 62.7 Å². The Morgan fingerprint density at radius 3 is 2.51 bits per heavy atom. The second-order valence-electron chi connectivity index (χ2n) is 10.1. The highest BCUT2D eigenvalue weighted by molar-refractivity contribution is 7.99. The van der Waals surface area contributed by atoms with Gasteiger partial charge in [0.1, 0.15) is 29.9 Å². The van der Waals surface area contributed by atoms with E-state index in [1.54, 1.807) is 13.3 Å². The molecule has 1 aromatic heterocycles. The molecule has 1 saturated heterocycles. The molecule has 5 nitrogen and oxygen atoms in total. The van der Waals surface area contributed by atoms with Gasteiger partial charge in [0.2, 0.25) is 0 Å². The number of carboxylic acid groups (broad SMARTS) is 1. The largest absolute Gasteiger partial charge is 0.497 e. The van der Waals surface area contributed by atoms with Gasteiger partial charge in [-0.1, -0.05) is 0 Å². The maximum Gasteiger partial charge on any atom is 0.303 e. The summed E-state index contributed by atoms with van der Waals surface area (Å²) in [7, 11) is 1.58. The highest BCUT2D eigenvalue weighted by atomic mass is 32.2. The van der Waals surface area contributed by atoms with Crippen LogP contribution in [0.25, 0.3) is 10.9 Å². The predicted octanol–water partition coefficient (Wildman–Crippen LogP) is 6.80. The molecule has 0 radical (unpaired) electrons. The molecule has 1 aliphatic heterocycles. The second-order valence-corrected chi connectivity index (χ2v) is 11.2. The van der Waals surface area contributed by atoms with Crippen molar-refractivity contribution in [3.05, 3.63) is 65.1 Å². The summed E-state index contributed by atoms with van der Waals surface area (Å²) >= 11 is 1.01. The molecule has 0 saturated carbocycles. The molecule has 2 aromatic carbocycles. The first-order valence-corrected chi connectivity index (χ1v) is 13.9. The fraction of sp³-hybridized carbons (Fsp3) is 0.448. The van der Waals surface area contributed by atoms with E-state index >= 15 is 0 Å². The van der Waals surface area contributed by atoms with Crippen LogP contribution in [0.5, 0.6) is 5.75 Å². The van der Waals surface area contributed by atoms with E-state index in [9.17, 15) is 27.5 Å². The molecule has 0 spiro atoms. The van der Waals surface area contributed by atoms with E-state index in [1.165, 1.54) is 0 Å². The maximum atomic E-state index is 13.9. The maximum absolute atomic E-state index is 13.9. The van der Waals surface area contributed by atoms with Crippen LogP contribution in [0.15, 0.2) is 41.4 Å². The number of aromatic nitrogens is 1. The van der Waals surface area contributed by atoms with Crippen LogP contribution in [0.4, 0.5) is 17.6 Å². The van der Waals surface area contributed by atoms with E-state index in [4.69, 9.17) is 4.74 Å². The van der Waals surface area contributed by atoms with Crippen molar-refractivity contribution in [1.82, 2.24) is 9.88 Å². The first kappa shape index (κ1) is 29.1. The third-order valence-corrected chi connectivity index (χ3v) is 8.68. The normalized spacial score (nSPS) is 15.5. The molecule has 2 heterocycles. The summed E-state index contributed by atoms with van der Waals surface area (Å²) in [6, 6.07) is 6.88. The monoisotopic (exact) mass is 564 g/mol. The Balaban J connectivity index is 1.37. The Bertz CT molecular complexity index is 1290. The van der Waals surface area contributed by atoms with Gasteiger partial charge >= 0.3 is 5.97 Å². The number of aliphatic carboxylic acids is 1. The number of alkyl halides is 1. The van der Waals surface area contributed by atoms with Gasteiger partial charge in [0.05, 0.1) is 23.9 Å². The molecule has 1 aliphatic rings. The van der Waals surface area contributed by atoms with Crippen LogP contribution in [0.1, 0.15) is 43.2 Å². The Morgan fingerprint density at radius 2 is 1.87 bits per heavy atom. The lowest BCUT2D eigenvalue weighted by Crippen LogP contribution is -2.42. The van der Waals surface area contributed by atoms with Crippen LogP contribution < -0.4 is 4.74 Å². The van der Waals surface area contributed by atoms with Gasteiger partial charge < -0.3 is 14.7 Å². The molecular weight excluding hydrogens is 532 g/mol. The van der Waals surface area contributed by atoms with Crippen molar-refractivity contribution in [3.8, 4) is 5.75 Å². The molecule has 4 rings (SSSR count). The minimum atomic E-state index is -0.946. The number of halogens is 4. The molecule has 0 amide bonds. The zero-order valence-corrected chi connectivity index (χ0v) is 22.6. The van der Waals surface area contributed by atoms with E-state index in [2.05, 4.69) is 9.88 Å². The average molecular weight is 565 g/mol. The van der Waals surface area contributed by atoms with Gasteiger partial charge in [0, 0.05) is 41.6 Å². The number of ether oxygens (including phenoxy) is 1. The highest BCUT2D eigenvalue weighted by Gasteiger charge is 2.36. The Kier molecular flexibility index (Phi) is 9.71. The standard InChI is InChI=1S/C29H32F4N2O3S/c1-38-21-4-5-26-23(15-21)22(19(17-30)18-34-26)3-2-6-29(16-27(36)37)7-9-35(10-8-29)11-12-39-28-24(32)13-20(31)14-25(28)33/h4-5,13-15,18H,2-3,6-12,16-17H2,1H3,(H,36,37). The molecule has 3 aromatic rings. The van der Waals surface area contributed by atoms with Crippen molar-refractivity contribution in [2.45, 2.75) is 50.1 Å². The van der Waals surface area contributed by atoms with Crippen molar-refractivity contribution in [2.75, 3.05) is 32.5 Å². The minimum absolute atomic E-state index is 0.0580. The van der Waals surface area contributed by atoms with Gasteiger partial charge in [-0.15, -0.1) is 11.8 Å². The molecular formula is C29H32F4N2O3S. The number of likely N-dealkylation sites (tertiary alicyclic amines) is 1. The van der Waals surface area contributed by atoms with E-state index in [0.29, 0.717) is 80.9 Å². The van der Waals surface area contributed by atoms with Crippen LogP contribution >= 0.6 is 11.8 Å². The molecule has 0 bridgehead atoms. The van der Waals surface area contributed by atoms with Gasteiger partial charge in [-0.25, -0.2) is 17.6 Å². The van der Waals surface area contributed by atoms with Gasteiger partial charge in [-0.2, -0.15) is 0 Å². The van der Waals surface area contributed by atoms with Crippen molar-refractivity contribution in [1.29, 1.82) is 0 Å². The summed E-state index contributed by atoms with van der Waals surface area (Å²) in [6.07, 6.45) is 4.99. The van der Waals surface area contributed by atoms with Crippen molar-refractivity contribution < 1.29 is 32.2 Å². The number of rotatable bonds is 12. The molecule has 210 valence electrons. The Hall–Kier alpha value is -2.85. The molecule has 0 unspecified atom stereocenters. The van der Waals surface area contributed by atoms with Crippen LogP contribution in [-0.4, -0.2) is 53.5 Å². The van der Waals surface area contributed by atoms with Crippen LogP contribution in [0.3, 0.4) is 0 Å². The molecule has 10 heteroatoms. The summed E-state index contributed by atoms with van der Waals surface area (Å²) in [4.78, 5) is 18.1. The number of thioether (sulfide) groups is 1. The molecule has 0 aliphatic carbocycles. The number of benzene rings is 2. The lowest BCUT2D eigenvalue weighted by molar-refractivity contribution is -0.140. The van der Waals surface area contributed by atoms with Gasteiger partial charge in [0.25, 0.3) is 0 Å². The first-order valence-electron chi connectivity index (χ1n) is 13.0. The second kappa shape index (κ2) is 13.0. The summed E-state index contributed by atoms with van der Waals surface area (Å²) in [5, 5.41) is 10.5. The minimum Gasteiger partial charge on any atom is -0.497 e. The molecule has 39 heavy (non-hydrogen) atoms. The fourth-order valence-corrected chi connectivity index (χ4v) is 6.42. The van der Waals surface area contributed by atoms with Gasteiger partial charge in [-0.05, 0) is 74.4 Å². The smallest absolute Gasteiger partial charge is 0.303 e. The SMILES string of the molecule is COc1ccc2ncc(CF)c(CCCC3(CC(=O)O)CCN(CCSc4c(F)cc(F)cc4F)CC3)c2c1. The third-order valence-electron chi connectivity index (χ3n) is 7.61. The molecule has 0 atom stereocenters. The van der Waals surface area contributed by atoms with Crippen LogP contribution in [-0.2, 0) is 17.9 Å². The number of hydrogen-bond donors (Lipinski definition) is 1. The zero-order chi connectivity index (χ0) is 28.0. The van der Waals surface area contributed by atoms with Gasteiger partial charge in [0.15, 0.2) is 0 Å². The Labute approximate surface area is 229 Å². The molecule has 1 fully saturated rings. The first-order chi connectivity index (χ1) is 18.7. The lowest BCUT2D eigenvalue weighted by Gasteiger charge is -2.41. The summed E-state index contributed by atoms with van der Waals surface area (Å²) < 4.78 is 60.1. The fourth-order valence-electron chi connectivity index (χ4n) is 5.48.